The van der Waals surface area contributed by atoms with Crippen LogP contribution in [-0.4, -0.2) is 17.5 Å². The predicted octanol–water partition coefficient (Wildman–Crippen LogP) is 7.60. The third-order valence-electron chi connectivity index (χ3n) is 5.39. The molecule has 1 aliphatic carbocycles. The van der Waals surface area contributed by atoms with Crippen LogP contribution in [0.15, 0.2) is 75.6 Å². The average Bonchev–Trinajstić information content (AvgIpc) is 2.84. The molecule has 1 aliphatic rings. The fraction of sp³-hybridized carbons (Fsp3) is 0.370. The molecule has 32 heavy (non-hydrogen) atoms. The van der Waals surface area contributed by atoms with E-state index < -0.39 is 5.97 Å². The minimum absolute atomic E-state index is 0.184. The number of benzene rings is 2. The Morgan fingerprint density at radius 2 is 1.72 bits per heavy atom. The first-order chi connectivity index (χ1) is 15.7. The topological polar surface area (TPSA) is 55.7 Å². The van der Waals surface area contributed by atoms with E-state index in [1.54, 1.807) is 36.0 Å². The van der Waals surface area contributed by atoms with E-state index in [2.05, 4.69) is 18.2 Å². The van der Waals surface area contributed by atoms with Crippen LogP contribution in [0.25, 0.3) is 0 Å². The van der Waals surface area contributed by atoms with Crippen molar-refractivity contribution in [1.82, 2.24) is 0 Å². The van der Waals surface area contributed by atoms with Gasteiger partial charge in [0.05, 0.1) is 5.56 Å². The maximum absolute atomic E-state index is 13.1. The van der Waals surface area contributed by atoms with Crippen molar-refractivity contribution in [2.45, 2.75) is 69.6 Å². The van der Waals surface area contributed by atoms with Gasteiger partial charge in [0.2, 0.25) is 5.78 Å². The van der Waals surface area contributed by atoms with E-state index in [0.29, 0.717) is 23.3 Å². The summed E-state index contributed by atoms with van der Waals surface area (Å²) in [4.78, 5) is 33.1. The Balaban J connectivity index is 1.69. The van der Waals surface area contributed by atoms with Gasteiger partial charge in [-0.2, -0.15) is 0 Å². The number of ketones is 1. The molecule has 5 heteroatoms. The van der Waals surface area contributed by atoms with Crippen molar-refractivity contribution in [2.24, 2.45) is 5.16 Å². The lowest BCUT2D eigenvalue weighted by atomic mass is 10.0. The normalized spacial score (nSPS) is 14.0. The average molecular weight is 450 g/mol. The van der Waals surface area contributed by atoms with Crippen molar-refractivity contribution >= 4 is 29.2 Å². The first kappa shape index (κ1) is 24.0. The number of carbonyl (C=O) groups excluding carboxylic acids is 2. The summed E-state index contributed by atoms with van der Waals surface area (Å²) >= 11 is 1.77. The zero-order valence-corrected chi connectivity index (χ0v) is 19.5. The summed E-state index contributed by atoms with van der Waals surface area (Å²) in [5.41, 5.74) is 1.27. The second-order valence-electron chi connectivity index (χ2n) is 7.97. The van der Waals surface area contributed by atoms with Crippen LogP contribution < -0.4 is 0 Å². The van der Waals surface area contributed by atoms with E-state index in [0.717, 1.165) is 43.4 Å². The molecule has 2 aromatic rings. The number of oxime groups is 1. The molecule has 0 aromatic heterocycles. The van der Waals surface area contributed by atoms with E-state index in [-0.39, 0.29) is 5.78 Å². The fourth-order valence-electron chi connectivity index (χ4n) is 3.54. The van der Waals surface area contributed by atoms with Crippen LogP contribution >= 0.6 is 11.8 Å². The minimum atomic E-state index is -0.558. The van der Waals surface area contributed by atoms with Gasteiger partial charge in [0.1, 0.15) is 5.71 Å². The monoisotopic (exact) mass is 449 g/mol. The number of allylic oxidation sites excluding steroid dienone is 2. The molecule has 0 heterocycles. The van der Waals surface area contributed by atoms with E-state index >= 15 is 0 Å². The number of hydrogen-bond donors (Lipinski definition) is 0. The molecule has 0 amide bonds. The van der Waals surface area contributed by atoms with Crippen molar-refractivity contribution in [2.75, 3.05) is 0 Å². The Kier molecular flexibility index (Phi) is 9.76. The van der Waals surface area contributed by atoms with E-state index in [9.17, 15) is 9.59 Å². The maximum atomic E-state index is 13.1. The molecule has 168 valence electrons. The van der Waals surface area contributed by atoms with Gasteiger partial charge in [-0.3, -0.25) is 4.79 Å². The summed E-state index contributed by atoms with van der Waals surface area (Å²) in [6.07, 6.45) is 11.7. The third kappa shape index (κ3) is 7.49. The van der Waals surface area contributed by atoms with Crippen molar-refractivity contribution in [3.63, 3.8) is 0 Å². The lowest BCUT2D eigenvalue weighted by molar-refractivity contribution is 0.0514. The van der Waals surface area contributed by atoms with Crippen LogP contribution in [-0.2, 0) is 4.84 Å². The Labute approximate surface area is 195 Å². The number of rotatable bonds is 11. The predicted molar refractivity (Wildman–Crippen MR) is 131 cm³/mol. The molecule has 0 radical (unpaired) electrons. The molecule has 3 rings (SSSR count). The molecular formula is C27H31NO3S. The summed E-state index contributed by atoms with van der Waals surface area (Å²) < 4.78 is 0. The first-order valence-electron chi connectivity index (χ1n) is 11.5. The lowest BCUT2D eigenvalue weighted by Gasteiger charge is -2.12. The highest BCUT2D eigenvalue weighted by molar-refractivity contribution is 8.03. The van der Waals surface area contributed by atoms with Crippen molar-refractivity contribution in [3.05, 3.63) is 76.7 Å². The van der Waals surface area contributed by atoms with Gasteiger partial charge in [-0.1, -0.05) is 67.4 Å². The molecule has 0 saturated carbocycles. The molecule has 0 atom stereocenters. The molecule has 0 N–H and O–H groups in total. The molecule has 2 aromatic carbocycles. The van der Waals surface area contributed by atoms with Crippen LogP contribution in [0.5, 0.6) is 0 Å². The zero-order valence-electron chi connectivity index (χ0n) is 18.7. The number of nitrogens with zero attached hydrogens (tertiary/aromatic N) is 1. The lowest BCUT2D eigenvalue weighted by Crippen LogP contribution is -2.16. The fourth-order valence-corrected chi connectivity index (χ4v) is 4.56. The Morgan fingerprint density at radius 1 is 0.938 bits per heavy atom. The van der Waals surface area contributed by atoms with E-state index in [4.69, 9.17) is 4.84 Å². The van der Waals surface area contributed by atoms with Crippen molar-refractivity contribution in [1.29, 1.82) is 0 Å². The number of hydrogen-bond acceptors (Lipinski definition) is 5. The van der Waals surface area contributed by atoms with E-state index in [1.807, 2.05) is 30.3 Å². The molecular weight excluding hydrogens is 418 g/mol. The maximum Gasteiger partial charge on any atom is 0.365 e. The largest absolute Gasteiger partial charge is 0.365 e. The Morgan fingerprint density at radius 3 is 2.41 bits per heavy atom. The minimum Gasteiger partial charge on any atom is -0.312 e. The third-order valence-corrected chi connectivity index (χ3v) is 6.53. The SMILES string of the molecule is CCCCCC/C(=N/OC(=O)c1ccccc1)C(=O)c1ccc(SC2=CCCCC2)cc1. The van der Waals surface area contributed by atoms with E-state index in [1.165, 1.54) is 17.7 Å². The Bertz CT molecular complexity index is 949. The highest BCUT2D eigenvalue weighted by Gasteiger charge is 2.17. The van der Waals surface area contributed by atoms with Crippen LogP contribution in [0.3, 0.4) is 0 Å². The van der Waals surface area contributed by atoms with Crippen LogP contribution in [0.1, 0.15) is 85.4 Å². The van der Waals surface area contributed by atoms with Gasteiger partial charge in [0.15, 0.2) is 0 Å². The number of thioether (sulfide) groups is 1. The highest BCUT2D eigenvalue weighted by atomic mass is 32.2. The van der Waals surface area contributed by atoms with Gasteiger partial charge >= 0.3 is 5.97 Å². The Hall–Kier alpha value is -2.66. The molecule has 0 fully saturated rings. The smallest absolute Gasteiger partial charge is 0.312 e. The first-order valence-corrected chi connectivity index (χ1v) is 12.3. The summed E-state index contributed by atoms with van der Waals surface area (Å²) in [6.45, 7) is 2.14. The van der Waals surface area contributed by atoms with Gasteiger partial charge in [-0.15, -0.1) is 0 Å². The molecule has 0 bridgehead atoms. The summed E-state index contributed by atoms with van der Waals surface area (Å²) in [7, 11) is 0. The number of unbranched alkanes of at least 4 members (excludes halogenated alkanes) is 3. The zero-order chi connectivity index (χ0) is 22.6. The van der Waals surface area contributed by atoms with Crippen LogP contribution in [0.2, 0.25) is 0 Å². The van der Waals surface area contributed by atoms with Gasteiger partial charge < -0.3 is 4.84 Å². The molecule has 0 aliphatic heterocycles. The molecule has 4 nitrogen and oxygen atoms in total. The van der Waals surface area contributed by atoms with Crippen LogP contribution in [0, 0.1) is 0 Å². The van der Waals surface area contributed by atoms with Crippen LogP contribution in [0.4, 0.5) is 0 Å². The van der Waals surface area contributed by atoms with Gasteiger partial charge in [-0.25, -0.2) is 4.79 Å². The van der Waals surface area contributed by atoms with Gasteiger partial charge in [0.25, 0.3) is 0 Å². The highest BCUT2D eigenvalue weighted by Crippen LogP contribution is 2.33. The van der Waals surface area contributed by atoms with Gasteiger partial charge in [0, 0.05) is 10.5 Å². The molecule has 0 saturated heterocycles. The van der Waals surface area contributed by atoms with Gasteiger partial charge in [-0.05, 0) is 79.8 Å². The standard InChI is InChI=1S/C27H31NO3S/c1-2-3-4-11-16-25(28-31-27(30)22-12-7-5-8-13-22)26(29)21-17-19-24(20-18-21)32-23-14-9-6-10-15-23/h5,7-8,12-14,17-20H,2-4,6,9-11,15-16H2,1H3/b28-25-. The number of Topliss-reactive ketones (excluding diaryl/α,β-unsaturated/α-hetero) is 1. The summed E-state index contributed by atoms with van der Waals surface area (Å²) in [5.74, 6) is -0.743. The van der Waals surface area contributed by atoms with Crippen molar-refractivity contribution < 1.29 is 14.4 Å². The van der Waals surface area contributed by atoms with Crippen molar-refractivity contribution in [3.8, 4) is 0 Å². The summed E-state index contributed by atoms with van der Waals surface area (Å²) in [6, 6.07) is 16.3. The molecule has 0 spiro atoms. The summed E-state index contributed by atoms with van der Waals surface area (Å²) in [5, 5.41) is 3.99. The number of carbonyl (C=O) groups is 2. The second kappa shape index (κ2) is 13.0. The molecule has 0 unspecified atom stereocenters. The quantitative estimate of drug-likeness (QED) is 0.116. The second-order valence-corrected chi connectivity index (χ2v) is 9.17.